The zero-order valence-electron chi connectivity index (χ0n) is 20.1. The standard InChI is InChI=1S/C22H22N4O3.C3H4O4/c1-12-9-23-22(28-3)13(2)19(12)14-4-5-16-18(8-14)25-21(27)17-10-24-26(20(16)17)15-6-7-29-11-15;4-2(5)1-3(6)7/h4-5,8-10,15H,6-7,11H2,1-3H3,(H,25,27);1H2,(H,4,5)(H,6,7)/t15-;/m0./s1. The highest BCUT2D eigenvalue weighted by atomic mass is 16.5. The molecule has 36 heavy (non-hydrogen) atoms. The van der Waals surface area contributed by atoms with Crippen LogP contribution >= 0.6 is 0 Å². The van der Waals surface area contributed by atoms with E-state index in [1.54, 1.807) is 13.3 Å². The molecular formula is C25H26N4O7. The predicted octanol–water partition coefficient (Wildman–Crippen LogP) is 3.07. The van der Waals surface area contributed by atoms with E-state index in [0.717, 1.165) is 51.7 Å². The van der Waals surface area contributed by atoms with Gasteiger partial charge >= 0.3 is 11.9 Å². The molecule has 1 aromatic carbocycles. The number of methoxy groups -OCH3 is 1. The highest BCUT2D eigenvalue weighted by Gasteiger charge is 2.22. The largest absolute Gasteiger partial charge is 0.481 e. The number of carboxylic acids is 2. The molecule has 1 atom stereocenters. The second-order valence-electron chi connectivity index (χ2n) is 8.50. The van der Waals surface area contributed by atoms with E-state index < -0.39 is 18.4 Å². The number of hydrogen-bond donors (Lipinski definition) is 3. The van der Waals surface area contributed by atoms with Crippen molar-refractivity contribution < 1.29 is 29.3 Å². The van der Waals surface area contributed by atoms with Crippen molar-refractivity contribution in [2.75, 3.05) is 20.3 Å². The van der Waals surface area contributed by atoms with Gasteiger partial charge in [0.25, 0.3) is 5.56 Å². The number of carbonyl (C=O) groups is 2. The Morgan fingerprint density at radius 1 is 1.19 bits per heavy atom. The second kappa shape index (κ2) is 10.2. The summed E-state index contributed by atoms with van der Waals surface area (Å²) in [7, 11) is 1.62. The fourth-order valence-corrected chi connectivity index (χ4v) is 4.49. The number of nitrogens with zero attached hydrogens (tertiary/aromatic N) is 3. The molecule has 0 aliphatic carbocycles. The lowest BCUT2D eigenvalue weighted by Crippen LogP contribution is -2.12. The third-order valence-electron chi connectivity index (χ3n) is 6.06. The summed E-state index contributed by atoms with van der Waals surface area (Å²) in [6.45, 7) is 5.37. The summed E-state index contributed by atoms with van der Waals surface area (Å²) < 4.78 is 12.9. The molecule has 0 amide bonds. The number of carboxylic acid groups (broad SMARTS) is 2. The number of nitrogens with one attached hydrogen (secondary N) is 1. The molecule has 11 heteroatoms. The fourth-order valence-electron chi connectivity index (χ4n) is 4.49. The molecule has 188 valence electrons. The first-order valence-electron chi connectivity index (χ1n) is 11.3. The van der Waals surface area contributed by atoms with E-state index in [4.69, 9.17) is 19.7 Å². The van der Waals surface area contributed by atoms with E-state index in [0.29, 0.717) is 17.9 Å². The summed E-state index contributed by atoms with van der Waals surface area (Å²) in [6, 6.07) is 6.32. The fraction of sp³-hybridized carbons (Fsp3) is 0.320. The van der Waals surface area contributed by atoms with Crippen molar-refractivity contribution in [3.05, 3.63) is 52.1 Å². The Morgan fingerprint density at radius 2 is 1.94 bits per heavy atom. The zero-order valence-corrected chi connectivity index (χ0v) is 20.1. The molecule has 5 rings (SSSR count). The minimum Gasteiger partial charge on any atom is -0.481 e. The number of aromatic nitrogens is 4. The van der Waals surface area contributed by atoms with Crippen LogP contribution in [0.4, 0.5) is 0 Å². The number of aromatic amines is 1. The smallest absolute Gasteiger partial charge is 0.314 e. The van der Waals surface area contributed by atoms with Gasteiger partial charge in [0.1, 0.15) is 6.42 Å². The first kappa shape index (κ1) is 24.9. The summed E-state index contributed by atoms with van der Waals surface area (Å²) in [6.07, 6.45) is 3.56. The Labute approximate surface area is 205 Å². The molecule has 1 aliphatic rings. The third-order valence-corrected chi connectivity index (χ3v) is 6.06. The van der Waals surface area contributed by atoms with Crippen molar-refractivity contribution in [3.8, 4) is 17.0 Å². The van der Waals surface area contributed by atoms with Gasteiger partial charge in [-0.25, -0.2) is 4.98 Å². The summed E-state index contributed by atoms with van der Waals surface area (Å²) >= 11 is 0. The van der Waals surface area contributed by atoms with Gasteiger partial charge in [-0.15, -0.1) is 0 Å². The monoisotopic (exact) mass is 494 g/mol. The summed E-state index contributed by atoms with van der Waals surface area (Å²) in [5.41, 5.74) is 5.64. The molecular weight excluding hydrogens is 468 g/mol. The highest BCUT2D eigenvalue weighted by Crippen LogP contribution is 2.34. The molecule has 1 aliphatic heterocycles. The minimum atomic E-state index is -1.31. The van der Waals surface area contributed by atoms with Crippen LogP contribution in [-0.4, -0.2) is 62.2 Å². The molecule has 3 N–H and O–H groups in total. The molecule has 1 saturated heterocycles. The minimum absolute atomic E-state index is 0.129. The number of H-pyrrole nitrogens is 1. The normalized spacial score (nSPS) is 15.0. The summed E-state index contributed by atoms with van der Waals surface area (Å²) in [5, 5.41) is 21.5. The molecule has 0 radical (unpaired) electrons. The number of ether oxygens (including phenoxy) is 2. The van der Waals surface area contributed by atoms with Gasteiger partial charge in [-0.2, -0.15) is 5.10 Å². The average molecular weight is 495 g/mol. The topological polar surface area (TPSA) is 157 Å². The lowest BCUT2D eigenvalue weighted by atomic mass is 9.96. The molecule has 0 bridgehead atoms. The van der Waals surface area contributed by atoms with Gasteiger partial charge < -0.3 is 24.7 Å². The van der Waals surface area contributed by atoms with Crippen molar-refractivity contribution >= 4 is 33.7 Å². The lowest BCUT2D eigenvalue weighted by molar-refractivity contribution is -0.147. The van der Waals surface area contributed by atoms with Crippen molar-refractivity contribution in [2.24, 2.45) is 0 Å². The predicted molar refractivity (Wildman–Crippen MR) is 131 cm³/mol. The number of aliphatic carboxylic acids is 2. The van der Waals surface area contributed by atoms with Crippen LogP contribution in [0.25, 0.3) is 32.9 Å². The first-order valence-corrected chi connectivity index (χ1v) is 11.3. The van der Waals surface area contributed by atoms with E-state index in [1.807, 2.05) is 30.8 Å². The number of rotatable bonds is 5. The first-order chi connectivity index (χ1) is 17.2. The van der Waals surface area contributed by atoms with Gasteiger partial charge in [0.2, 0.25) is 5.88 Å². The molecule has 11 nitrogen and oxygen atoms in total. The van der Waals surface area contributed by atoms with Gasteiger partial charge in [0.05, 0.1) is 42.4 Å². The third kappa shape index (κ3) is 4.78. The molecule has 4 heterocycles. The SMILES string of the molecule is COc1ncc(C)c(-c2ccc3c(c2)[nH]c(=O)c2cnn([C@H]4CCOC4)c23)c1C.O=C(O)CC(=O)O. The summed E-state index contributed by atoms with van der Waals surface area (Å²) in [4.78, 5) is 39.0. The van der Waals surface area contributed by atoms with E-state index in [9.17, 15) is 14.4 Å². The van der Waals surface area contributed by atoms with Crippen LogP contribution in [0.15, 0.2) is 35.4 Å². The maximum atomic E-state index is 12.7. The number of fused-ring (bicyclic) bond motifs is 3. The van der Waals surface area contributed by atoms with Crippen LogP contribution < -0.4 is 10.3 Å². The number of pyridine rings is 2. The molecule has 0 unspecified atom stereocenters. The van der Waals surface area contributed by atoms with E-state index in [2.05, 4.69) is 27.2 Å². The van der Waals surface area contributed by atoms with E-state index in [-0.39, 0.29) is 11.6 Å². The van der Waals surface area contributed by atoms with Gasteiger partial charge in [0, 0.05) is 23.8 Å². The Hall–Kier alpha value is -4.25. The summed E-state index contributed by atoms with van der Waals surface area (Å²) in [5.74, 6) is -2.02. The van der Waals surface area contributed by atoms with Crippen molar-refractivity contribution in [1.82, 2.24) is 19.7 Å². The molecule has 3 aromatic heterocycles. The van der Waals surface area contributed by atoms with Gasteiger partial charge in [-0.3, -0.25) is 19.1 Å². The van der Waals surface area contributed by atoms with Crippen LogP contribution in [-0.2, 0) is 14.3 Å². The van der Waals surface area contributed by atoms with E-state index >= 15 is 0 Å². The van der Waals surface area contributed by atoms with Crippen LogP contribution in [0.2, 0.25) is 0 Å². The number of hydrogen-bond acceptors (Lipinski definition) is 7. The van der Waals surface area contributed by atoms with Crippen molar-refractivity contribution in [1.29, 1.82) is 0 Å². The Bertz CT molecular complexity index is 1500. The molecule has 0 spiro atoms. The molecule has 4 aromatic rings. The Morgan fingerprint density at radius 3 is 2.56 bits per heavy atom. The molecule has 1 fully saturated rings. The average Bonchev–Trinajstić information content (AvgIpc) is 3.49. The van der Waals surface area contributed by atoms with Crippen LogP contribution in [0.3, 0.4) is 0 Å². The zero-order chi connectivity index (χ0) is 26.0. The second-order valence-corrected chi connectivity index (χ2v) is 8.50. The molecule has 0 saturated carbocycles. The Balaban J connectivity index is 0.000000384. The van der Waals surface area contributed by atoms with Gasteiger partial charge in [-0.05, 0) is 43.0 Å². The van der Waals surface area contributed by atoms with Crippen LogP contribution in [0.5, 0.6) is 5.88 Å². The lowest BCUT2D eigenvalue weighted by Gasteiger charge is -2.14. The Kier molecular flexibility index (Phi) is 7.02. The number of aryl methyl sites for hydroxylation is 1. The van der Waals surface area contributed by atoms with Crippen molar-refractivity contribution in [3.63, 3.8) is 0 Å². The van der Waals surface area contributed by atoms with Crippen LogP contribution in [0.1, 0.15) is 30.0 Å². The van der Waals surface area contributed by atoms with Crippen molar-refractivity contribution in [2.45, 2.75) is 32.7 Å². The van der Waals surface area contributed by atoms with Gasteiger partial charge in [-0.1, -0.05) is 12.1 Å². The van der Waals surface area contributed by atoms with Gasteiger partial charge in [0.15, 0.2) is 0 Å². The van der Waals surface area contributed by atoms with E-state index in [1.165, 1.54) is 0 Å². The highest BCUT2D eigenvalue weighted by molar-refractivity contribution is 6.04. The maximum Gasteiger partial charge on any atom is 0.314 e. The quantitative estimate of drug-likeness (QED) is 0.355. The van der Waals surface area contributed by atoms with Crippen LogP contribution in [0, 0.1) is 13.8 Å². The number of benzene rings is 1. The maximum absolute atomic E-state index is 12.7.